The van der Waals surface area contributed by atoms with Gasteiger partial charge in [0, 0.05) is 11.6 Å². The molecule has 3 aromatic rings. The molecule has 0 saturated heterocycles. The van der Waals surface area contributed by atoms with Crippen molar-refractivity contribution in [3.05, 3.63) is 66.2 Å². The molecule has 1 aromatic carbocycles. The van der Waals surface area contributed by atoms with Crippen LogP contribution in [0.3, 0.4) is 0 Å². The molecule has 0 fully saturated rings. The van der Waals surface area contributed by atoms with Gasteiger partial charge in [-0.15, -0.1) is 0 Å². The summed E-state index contributed by atoms with van der Waals surface area (Å²) in [5, 5.41) is 18.9. The van der Waals surface area contributed by atoms with Crippen molar-refractivity contribution in [3.8, 4) is 11.3 Å². The van der Waals surface area contributed by atoms with Crippen molar-refractivity contribution in [1.82, 2.24) is 15.8 Å². The summed E-state index contributed by atoms with van der Waals surface area (Å²) in [7, 11) is 0. The molecule has 1 unspecified atom stereocenters. The molecule has 2 aromatic heterocycles. The molecule has 0 saturated carbocycles. The molecule has 0 spiro atoms. The number of furan rings is 1. The Kier molecular flexibility index (Phi) is 4.93. The average molecular weight is 327 g/mol. The van der Waals surface area contributed by atoms with Gasteiger partial charge in [0.15, 0.2) is 5.76 Å². The Morgan fingerprint density at radius 1 is 1.17 bits per heavy atom. The third-order valence-corrected chi connectivity index (χ3v) is 3.37. The van der Waals surface area contributed by atoms with E-state index in [1.807, 2.05) is 30.3 Å². The molecule has 0 aliphatic rings. The fourth-order valence-electron chi connectivity index (χ4n) is 2.14. The average Bonchev–Trinajstić information content (AvgIpc) is 3.30. The van der Waals surface area contributed by atoms with Crippen molar-refractivity contribution >= 4 is 6.03 Å². The molecule has 2 heterocycles. The van der Waals surface area contributed by atoms with Crippen LogP contribution in [0.5, 0.6) is 0 Å². The minimum absolute atomic E-state index is 0.0490. The first kappa shape index (κ1) is 15.8. The quantitative estimate of drug-likeness (QED) is 0.646. The van der Waals surface area contributed by atoms with Gasteiger partial charge in [0.05, 0.1) is 19.4 Å². The Labute approximate surface area is 138 Å². The lowest BCUT2D eigenvalue weighted by Gasteiger charge is -2.09. The Morgan fingerprint density at radius 3 is 2.75 bits per heavy atom. The van der Waals surface area contributed by atoms with Gasteiger partial charge in [-0.1, -0.05) is 35.5 Å². The van der Waals surface area contributed by atoms with E-state index in [2.05, 4.69) is 15.8 Å². The van der Waals surface area contributed by atoms with Gasteiger partial charge < -0.3 is 24.7 Å². The van der Waals surface area contributed by atoms with Gasteiger partial charge in [0.25, 0.3) is 0 Å². The molecule has 7 nitrogen and oxygen atoms in total. The van der Waals surface area contributed by atoms with Crippen LogP contribution in [-0.4, -0.2) is 22.8 Å². The third kappa shape index (κ3) is 4.02. The number of amides is 2. The number of carbonyl (C=O) groups is 1. The zero-order valence-electron chi connectivity index (χ0n) is 12.8. The SMILES string of the molecule is O=C(NCc1cc(-c2ccccc2)on1)NCC(O)c1ccco1. The second kappa shape index (κ2) is 7.47. The van der Waals surface area contributed by atoms with E-state index < -0.39 is 12.1 Å². The van der Waals surface area contributed by atoms with Crippen molar-refractivity contribution in [3.63, 3.8) is 0 Å². The maximum Gasteiger partial charge on any atom is 0.315 e. The van der Waals surface area contributed by atoms with E-state index >= 15 is 0 Å². The second-order valence-corrected chi connectivity index (χ2v) is 5.14. The zero-order valence-corrected chi connectivity index (χ0v) is 12.8. The maximum atomic E-state index is 11.7. The van der Waals surface area contributed by atoms with E-state index in [0.717, 1.165) is 5.56 Å². The van der Waals surface area contributed by atoms with Gasteiger partial charge in [-0.2, -0.15) is 0 Å². The number of hydrogen-bond acceptors (Lipinski definition) is 5. The first-order chi connectivity index (χ1) is 11.7. The standard InChI is InChI=1S/C17H17N3O4/c21-14(15-7-4-8-23-15)11-19-17(22)18-10-13-9-16(24-20-13)12-5-2-1-3-6-12/h1-9,14,21H,10-11H2,(H2,18,19,22). The molecule has 3 N–H and O–H groups in total. The number of urea groups is 1. The summed E-state index contributed by atoms with van der Waals surface area (Å²) in [4.78, 5) is 11.7. The van der Waals surface area contributed by atoms with Crippen molar-refractivity contribution < 1.29 is 18.8 Å². The number of nitrogens with one attached hydrogen (secondary N) is 2. The number of rotatable bonds is 6. The number of carbonyl (C=O) groups excluding carboxylic acids is 1. The minimum atomic E-state index is -0.887. The van der Waals surface area contributed by atoms with Crippen LogP contribution in [0.2, 0.25) is 0 Å². The Hall–Kier alpha value is -3.06. The van der Waals surface area contributed by atoms with Gasteiger partial charge in [0.1, 0.15) is 17.6 Å². The third-order valence-electron chi connectivity index (χ3n) is 3.37. The van der Waals surface area contributed by atoms with Gasteiger partial charge in [0.2, 0.25) is 0 Å². The van der Waals surface area contributed by atoms with Crippen LogP contribution >= 0.6 is 0 Å². The summed E-state index contributed by atoms with van der Waals surface area (Å²) in [5.41, 5.74) is 1.53. The van der Waals surface area contributed by atoms with Crippen molar-refractivity contribution in [1.29, 1.82) is 0 Å². The molecular weight excluding hydrogens is 310 g/mol. The smallest absolute Gasteiger partial charge is 0.315 e. The monoisotopic (exact) mass is 327 g/mol. The Morgan fingerprint density at radius 2 is 2.00 bits per heavy atom. The Balaban J connectivity index is 1.46. The highest BCUT2D eigenvalue weighted by Crippen LogP contribution is 2.19. The number of aliphatic hydroxyl groups is 1. The van der Waals surface area contributed by atoms with E-state index in [1.54, 1.807) is 18.2 Å². The van der Waals surface area contributed by atoms with Gasteiger partial charge >= 0.3 is 6.03 Å². The van der Waals surface area contributed by atoms with Crippen LogP contribution in [0, 0.1) is 0 Å². The van der Waals surface area contributed by atoms with E-state index in [1.165, 1.54) is 6.26 Å². The van der Waals surface area contributed by atoms with E-state index in [9.17, 15) is 9.90 Å². The van der Waals surface area contributed by atoms with Crippen LogP contribution in [0.15, 0.2) is 63.7 Å². The normalized spacial score (nSPS) is 11.9. The van der Waals surface area contributed by atoms with Crippen LogP contribution in [0.1, 0.15) is 17.6 Å². The summed E-state index contributed by atoms with van der Waals surface area (Å²) in [5.74, 6) is 1.04. The molecule has 0 radical (unpaired) electrons. The number of aliphatic hydroxyl groups excluding tert-OH is 1. The minimum Gasteiger partial charge on any atom is -0.467 e. The number of nitrogens with zero attached hydrogens (tertiary/aromatic N) is 1. The van der Waals surface area contributed by atoms with E-state index in [0.29, 0.717) is 17.2 Å². The molecule has 124 valence electrons. The van der Waals surface area contributed by atoms with E-state index in [-0.39, 0.29) is 13.1 Å². The van der Waals surface area contributed by atoms with Crippen LogP contribution in [0.25, 0.3) is 11.3 Å². The largest absolute Gasteiger partial charge is 0.467 e. The topological polar surface area (TPSA) is 101 Å². The Bertz CT molecular complexity index is 768. The molecule has 0 aliphatic carbocycles. The van der Waals surface area contributed by atoms with Crippen molar-refractivity contribution in [2.75, 3.05) is 6.54 Å². The summed E-state index contributed by atoms with van der Waals surface area (Å²) in [6.45, 7) is 0.270. The second-order valence-electron chi connectivity index (χ2n) is 5.14. The highest BCUT2D eigenvalue weighted by Gasteiger charge is 2.12. The number of benzene rings is 1. The zero-order chi connectivity index (χ0) is 16.8. The molecule has 24 heavy (non-hydrogen) atoms. The lowest BCUT2D eigenvalue weighted by atomic mass is 10.2. The predicted octanol–water partition coefficient (Wildman–Crippen LogP) is 2.47. The molecule has 0 bridgehead atoms. The van der Waals surface area contributed by atoms with Crippen molar-refractivity contribution in [2.24, 2.45) is 0 Å². The summed E-state index contributed by atoms with van der Waals surface area (Å²) >= 11 is 0. The lowest BCUT2D eigenvalue weighted by molar-refractivity contribution is 0.148. The van der Waals surface area contributed by atoms with Crippen LogP contribution in [-0.2, 0) is 6.54 Å². The fourth-order valence-corrected chi connectivity index (χ4v) is 2.14. The van der Waals surface area contributed by atoms with E-state index in [4.69, 9.17) is 8.94 Å². The van der Waals surface area contributed by atoms with Crippen molar-refractivity contribution in [2.45, 2.75) is 12.6 Å². The highest BCUT2D eigenvalue weighted by atomic mass is 16.5. The molecule has 1 atom stereocenters. The number of aromatic nitrogens is 1. The summed E-state index contributed by atoms with van der Waals surface area (Å²) in [6, 6.07) is 14.3. The summed E-state index contributed by atoms with van der Waals surface area (Å²) < 4.78 is 10.3. The molecule has 3 rings (SSSR count). The van der Waals surface area contributed by atoms with Gasteiger partial charge in [-0.05, 0) is 12.1 Å². The molecule has 2 amide bonds. The molecular formula is C17H17N3O4. The lowest BCUT2D eigenvalue weighted by Crippen LogP contribution is -2.37. The molecule has 7 heteroatoms. The van der Waals surface area contributed by atoms with Crippen LogP contribution < -0.4 is 10.6 Å². The highest BCUT2D eigenvalue weighted by molar-refractivity contribution is 5.73. The molecule has 0 aliphatic heterocycles. The van der Waals surface area contributed by atoms with Gasteiger partial charge in [-0.3, -0.25) is 0 Å². The van der Waals surface area contributed by atoms with Gasteiger partial charge in [-0.25, -0.2) is 4.79 Å². The predicted molar refractivity (Wildman–Crippen MR) is 85.8 cm³/mol. The van der Waals surface area contributed by atoms with Crippen LogP contribution in [0.4, 0.5) is 4.79 Å². The fraction of sp³-hybridized carbons (Fsp3) is 0.176. The summed E-state index contributed by atoms with van der Waals surface area (Å²) in [6.07, 6.45) is 0.579. The first-order valence-corrected chi connectivity index (χ1v) is 7.46. The number of hydrogen-bond donors (Lipinski definition) is 3. The first-order valence-electron chi connectivity index (χ1n) is 7.46. The maximum absolute atomic E-state index is 11.7.